The molecule has 0 aliphatic carbocycles. The van der Waals surface area contributed by atoms with E-state index in [1.807, 2.05) is 49.4 Å². The van der Waals surface area contributed by atoms with Gasteiger partial charge in [-0.2, -0.15) is 5.10 Å². The number of sulfonamides is 1. The van der Waals surface area contributed by atoms with E-state index in [9.17, 15) is 8.42 Å². The van der Waals surface area contributed by atoms with Crippen molar-refractivity contribution in [2.24, 2.45) is 0 Å². The molecule has 1 heterocycles. The Morgan fingerprint density at radius 1 is 1.04 bits per heavy atom. The van der Waals surface area contributed by atoms with Crippen molar-refractivity contribution in [3.8, 4) is 0 Å². The van der Waals surface area contributed by atoms with Crippen LogP contribution in [0.2, 0.25) is 0 Å². The summed E-state index contributed by atoms with van der Waals surface area (Å²) < 4.78 is 29.5. The number of anilines is 1. The zero-order valence-electron chi connectivity index (χ0n) is 13.6. The van der Waals surface area contributed by atoms with Gasteiger partial charge in [0.05, 0.1) is 12.2 Å². The molecule has 0 spiro atoms. The fourth-order valence-corrected chi connectivity index (χ4v) is 3.77. The smallest absolute Gasteiger partial charge is 0.265 e. The number of aryl methyl sites for hydroxylation is 2. The van der Waals surface area contributed by atoms with E-state index in [0.29, 0.717) is 17.9 Å². The van der Waals surface area contributed by atoms with Crippen LogP contribution >= 0.6 is 0 Å². The zero-order chi connectivity index (χ0) is 17.2. The molecule has 0 bridgehead atoms. The first-order chi connectivity index (χ1) is 11.4. The molecule has 24 heavy (non-hydrogen) atoms. The highest BCUT2D eigenvalue weighted by Gasteiger charge is 2.20. The molecule has 0 atom stereocenters. The number of nitrogens with one attached hydrogen (secondary N) is 1. The van der Waals surface area contributed by atoms with Crippen LogP contribution in [0.4, 0.5) is 5.69 Å². The lowest BCUT2D eigenvalue weighted by molar-refractivity contribution is 0.600. The highest BCUT2D eigenvalue weighted by Crippen LogP contribution is 2.19. The maximum Gasteiger partial charge on any atom is 0.265 e. The van der Waals surface area contributed by atoms with Gasteiger partial charge in [0.2, 0.25) is 0 Å². The van der Waals surface area contributed by atoms with Crippen LogP contribution in [-0.4, -0.2) is 18.2 Å². The number of rotatable bonds is 5. The Balaban J connectivity index is 1.86. The van der Waals surface area contributed by atoms with Crippen LogP contribution < -0.4 is 4.72 Å². The Kier molecular flexibility index (Phi) is 4.40. The minimum Gasteiger partial charge on any atom is -0.280 e. The van der Waals surface area contributed by atoms with Crippen molar-refractivity contribution < 1.29 is 8.42 Å². The average Bonchev–Trinajstić information content (AvgIpc) is 2.89. The predicted octanol–water partition coefficient (Wildman–Crippen LogP) is 3.35. The van der Waals surface area contributed by atoms with Crippen LogP contribution in [0.25, 0.3) is 0 Å². The monoisotopic (exact) mass is 341 g/mol. The molecule has 6 heteroatoms. The van der Waals surface area contributed by atoms with Gasteiger partial charge in [-0.3, -0.25) is 9.40 Å². The SMILES string of the molecule is Cc1cccc(NS(=O)(=O)c2cn(Cc3ccccc3)nc2C)c1. The number of hydrogen-bond acceptors (Lipinski definition) is 3. The van der Waals surface area contributed by atoms with Crippen molar-refractivity contribution in [1.82, 2.24) is 9.78 Å². The van der Waals surface area contributed by atoms with Crippen LogP contribution in [0.5, 0.6) is 0 Å². The Hall–Kier alpha value is -2.60. The van der Waals surface area contributed by atoms with Crippen LogP contribution in [0.1, 0.15) is 16.8 Å². The maximum absolute atomic E-state index is 12.6. The second-order valence-corrected chi connectivity index (χ2v) is 7.39. The lowest BCUT2D eigenvalue weighted by atomic mass is 10.2. The van der Waals surface area contributed by atoms with Crippen molar-refractivity contribution >= 4 is 15.7 Å². The molecule has 0 aliphatic rings. The second-order valence-electron chi connectivity index (χ2n) is 5.74. The van der Waals surface area contributed by atoms with E-state index in [1.54, 1.807) is 29.9 Å². The quantitative estimate of drug-likeness (QED) is 0.774. The third-order valence-electron chi connectivity index (χ3n) is 3.65. The zero-order valence-corrected chi connectivity index (χ0v) is 14.4. The molecule has 3 rings (SSSR count). The molecule has 1 aromatic heterocycles. The van der Waals surface area contributed by atoms with E-state index < -0.39 is 10.0 Å². The molecule has 5 nitrogen and oxygen atoms in total. The van der Waals surface area contributed by atoms with Crippen molar-refractivity contribution in [1.29, 1.82) is 0 Å². The topological polar surface area (TPSA) is 64.0 Å². The normalized spacial score (nSPS) is 11.4. The summed E-state index contributed by atoms with van der Waals surface area (Å²) in [6.07, 6.45) is 1.57. The predicted molar refractivity (Wildman–Crippen MR) is 94.5 cm³/mol. The molecule has 3 aromatic rings. The summed E-state index contributed by atoms with van der Waals surface area (Å²) in [5.74, 6) is 0. The van der Waals surface area contributed by atoms with E-state index in [4.69, 9.17) is 0 Å². The number of aromatic nitrogens is 2. The average molecular weight is 341 g/mol. The van der Waals surface area contributed by atoms with Gasteiger partial charge in [0, 0.05) is 11.9 Å². The summed E-state index contributed by atoms with van der Waals surface area (Å²) >= 11 is 0. The standard InChI is InChI=1S/C18H19N3O2S/c1-14-7-6-10-17(11-14)20-24(22,23)18-13-21(19-15(18)2)12-16-8-4-3-5-9-16/h3-11,13,20H,12H2,1-2H3. The minimum absolute atomic E-state index is 0.194. The second kappa shape index (κ2) is 6.49. The molecule has 1 N–H and O–H groups in total. The van der Waals surface area contributed by atoms with Crippen LogP contribution in [0.15, 0.2) is 65.7 Å². The van der Waals surface area contributed by atoms with Crippen LogP contribution in [0, 0.1) is 13.8 Å². The van der Waals surface area contributed by atoms with Crippen molar-refractivity contribution in [2.75, 3.05) is 4.72 Å². The fraction of sp³-hybridized carbons (Fsp3) is 0.167. The van der Waals surface area contributed by atoms with Gasteiger partial charge in [-0.1, -0.05) is 42.5 Å². The summed E-state index contributed by atoms with van der Waals surface area (Å²) in [5, 5.41) is 4.33. The first-order valence-electron chi connectivity index (χ1n) is 7.61. The summed E-state index contributed by atoms with van der Waals surface area (Å²) in [4.78, 5) is 0.194. The van der Waals surface area contributed by atoms with Gasteiger partial charge in [-0.05, 0) is 37.1 Å². The van der Waals surface area contributed by atoms with E-state index in [-0.39, 0.29) is 4.90 Å². The summed E-state index contributed by atoms with van der Waals surface area (Å²) in [5.41, 5.74) is 3.08. The number of benzene rings is 2. The molecule has 0 fully saturated rings. The highest BCUT2D eigenvalue weighted by atomic mass is 32.2. The van der Waals surface area contributed by atoms with Crippen LogP contribution in [-0.2, 0) is 16.6 Å². The Morgan fingerprint density at radius 2 is 1.79 bits per heavy atom. The largest absolute Gasteiger partial charge is 0.280 e. The van der Waals surface area contributed by atoms with Crippen molar-refractivity contribution in [2.45, 2.75) is 25.3 Å². The van der Waals surface area contributed by atoms with Crippen LogP contribution in [0.3, 0.4) is 0 Å². The van der Waals surface area contributed by atoms with Crippen molar-refractivity contribution in [3.63, 3.8) is 0 Å². The highest BCUT2D eigenvalue weighted by molar-refractivity contribution is 7.92. The molecule has 2 aromatic carbocycles. The van der Waals surface area contributed by atoms with Gasteiger partial charge in [0.25, 0.3) is 10.0 Å². The first kappa shape index (κ1) is 16.3. The van der Waals surface area contributed by atoms with E-state index in [1.165, 1.54) is 0 Å². The molecule has 0 amide bonds. The molecule has 0 unspecified atom stereocenters. The van der Waals surface area contributed by atoms with Gasteiger partial charge < -0.3 is 0 Å². The lowest BCUT2D eigenvalue weighted by Crippen LogP contribution is -2.13. The fourth-order valence-electron chi connectivity index (χ4n) is 2.53. The summed E-state index contributed by atoms with van der Waals surface area (Å²) in [6.45, 7) is 4.15. The van der Waals surface area contributed by atoms with Gasteiger partial charge >= 0.3 is 0 Å². The molecular weight excluding hydrogens is 322 g/mol. The lowest BCUT2D eigenvalue weighted by Gasteiger charge is -2.07. The minimum atomic E-state index is -3.67. The van der Waals surface area contributed by atoms with Gasteiger partial charge in [0.15, 0.2) is 0 Å². The third-order valence-corrected chi connectivity index (χ3v) is 5.13. The Morgan fingerprint density at radius 3 is 2.50 bits per heavy atom. The Bertz CT molecular complexity index is 947. The number of nitrogens with zero attached hydrogens (tertiary/aromatic N) is 2. The molecule has 0 radical (unpaired) electrons. The molecular formula is C18H19N3O2S. The summed E-state index contributed by atoms with van der Waals surface area (Å²) in [7, 11) is -3.67. The first-order valence-corrected chi connectivity index (χ1v) is 9.10. The molecule has 124 valence electrons. The van der Waals surface area contributed by atoms with Crippen molar-refractivity contribution in [3.05, 3.63) is 77.6 Å². The molecule has 0 aliphatic heterocycles. The van der Waals surface area contributed by atoms with E-state index >= 15 is 0 Å². The van der Waals surface area contributed by atoms with Gasteiger partial charge in [0.1, 0.15) is 4.90 Å². The van der Waals surface area contributed by atoms with E-state index in [2.05, 4.69) is 9.82 Å². The third kappa shape index (κ3) is 3.65. The number of hydrogen-bond donors (Lipinski definition) is 1. The van der Waals surface area contributed by atoms with E-state index in [0.717, 1.165) is 11.1 Å². The Labute approximate surface area is 142 Å². The maximum atomic E-state index is 12.6. The molecule has 0 saturated carbocycles. The summed E-state index contributed by atoms with van der Waals surface area (Å²) in [6, 6.07) is 17.1. The van der Waals surface area contributed by atoms with Gasteiger partial charge in [-0.15, -0.1) is 0 Å². The van der Waals surface area contributed by atoms with Gasteiger partial charge in [-0.25, -0.2) is 8.42 Å². The molecule has 0 saturated heterocycles.